The molecule has 272 valence electrons. The van der Waals surface area contributed by atoms with Crippen LogP contribution in [0.5, 0.6) is 0 Å². The summed E-state index contributed by atoms with van der Waals surface area (Å²) in [6, 6.07) is 16.6. The molecule has 0 bridgehead atoms. The van der Waals surface area contributed by atoms with E-state index in [1.165, 1.54) is 28.8 Å². The van der Waals surface area contributed by atoms with Crippen LogP contribution in [-0.2, 0) is 35.5 Å². The molecule has 4 rings (SSSR count). The molecule has 4 atom stereocenters. The number of oxazole rings is 1. The Morgan fingerprint density at radius 1 is 1.00 bits per heavy atom. The lowest BCUT2D eigenvalue weighted by molar-refractivity contribution is -0.124. The zero-order valence-corrected chi connectivity index (χ0v) is 30.6. The molecule has 0 aliphatic rings. The highest BCUT2D eigenvalue weighted by atomic mass is 32.1. The third-order valence-electron chi connectivity index (χ3n) is 8.39. The first kappa shape index (κ1) is 38.8. The minimum atomic E-state index is -1.08. The second kappa shape index (κ2) is 19.4. The number of hydrogen-bond donors (Lipinski definition) is 4. The summed E-state index contributed by atoms with van der Waals surface area (Å²) in [4.78, 5) is 50.0. The molecule has 4 N–H and O–H groups in total. The van der Waals surface area contributed by atoms with Gasteiger partial charge in [0.25, 0.3) is 0 Å². The van der Waals surface area contributed by atoms with Crippen LogP contribution < -0.4 is 16.0 Å². The van der Waals surface area contributed by atoms with Crippen LogP contribution in [0.4, 0.5) is 9.59 Å². The van der Waals surface area contributed by atoms with Gasteiger partial charge in [0.1, 0.15) is 11.0 Å². The minimum Gasteiger partial charge on any atom is -0.445 e. The maximum Gasteiger partial charge on any atom is 0.407 e. The monoisotopic (exact) mass is 716 g/mol. The molecule has 0 saturated carbocycles. The Balaban J connectivity index is 1.46. The second-order valence-corrected chi connectivity index (χ2v) is 13.7. The van der Waals surface area contributed by atoms with Crippen molar-refractivity contribution in [3.8, 4) is 0 Å². The number of ether oxygens (including phenoxy) is 1. The highest BCUT2D eigenvalue weighted by molar-refractivity contribution is 7.10. The standard InChI is InChI=1S/C38H48N6O6S/c1-6-26(4)36-41-30(23-51-36)21-44(5)37(47)43-34(25(2)3)35(46)40-29(17-27-13-9-7-10-14-27)19-33(45)32(18-28-15-11-8-12-16-28)42-38(48)49-22-31-20-39-24-50-31/h6-16,20,23-25,29,32-34,45H,17-19,21-22H2,1-5H3,(H,40,46)(H,42,48)(H,43,47)/t29-,32-,33-,34-/m0/s1. The molecule has 4 aromatic rings. The fourth-order valence-corrected chi connectivity index (χ4v) is 6.26. The molecule has 12 nitrogen and oxygen atoms in total. The van der Waals surface area contributed by atoms with Gasteiger partial charge in [-0.25, -0.2) is 19.6 Å². The number of alkyl carbamates (subject to hydrolysis) is 1. The van der Waals surface area contributed by atoms with E-state index in [0.29, 0.717) is 18.6 Å². The van der Waals surface area contributed by atoms with Crippen LogP contribution in [0, 0.1) is 5.92 Å². The number of rotatable bonds is 17. The predicted molar refractivity (Wildman–Crippen MR) is 197 cm³/mol. The van der Waals surface area contributed by atoms with Crippen molar-refractivity contribution in [2.24, 2.45) is 5.92 Å². The highest BCUT2D eigenvalue weighted by Crippen LogP contribution is 2.20. The molecule has 0 radical (unpaired) electrons. The average Bonchev–Trinajstić information content (AvgIpc) is 3.82. The largest absolute Gasteiger partial charge is 0.445 e. The summed E-state index contributed by atoms with van der Waals surface area (Å²) in [5.41, 5.74) is 3.68. The zero-order chi connectivity index (χ0) is 36.8. The van der Waals surface area contributed by atoms with Crippen molar-refractivity contribution >= 4 is 34.9 Å². The van der Waals surface area contributed by atoms with Gasteiger partial charge in [0.2, 0.25) is 5.91 Å². The molecule has 0 aliphatic heterocycles. The van der Waals surface area contributed by atoms with Gasteiger partial charge in [-0.2, -0.15) is 0 Å². The summed E-state index contributed by atoms with van der Waals surface area (Å²) in [5.74, 6) is -0.233. The number of amides is 4. The molecule has 51 heavy (non-hydrogen) atoms. The molecule has 4 amide bonds. The van der Waals surface area contributed by atoms with Gasteiger partial charge >= 0.3 is 12.1 Å². The number of urea groups is 1. The number of allylic oxidation sites excluding steroid dienone is 2. The molecule has 0 fully saturated rings. The lowest BCUT2D eigenvalue weighted by atomic mass is 9.93. The normalized spacial score (nSPS) is 13.9. The molecule has 2 aromatic carbocycles. The molecule has 2 aromatic heterocycles. The van der Waals surface area contributed by atoms with Gasteiger partial charge in [0, 0.05) is 18.5 Å². The number of benzene rings is 2. The van der Waals surface area contributed by atoms with E-state index < -0.39 is 36.4 Å². The number of aromatic nitrogens is 2. The van der Waals surface area contributed by atoms with E-state index >= 15 is 0 Å². The zero-order valence-electron chi connectivity index (χ0n) is 29.7. The van der Waals surface area contributed by atoms with Gasteiger partial charge in [-0.3, -0.25) is 4.79 Å². The first-order valence-corrected chi connectivity index (χ1v) is 17.9. The fraction of sp³-hybridized carbons (Fsp3) is 0.395. The number of aliphatic hydroxyl groups excluding tert-OH is 1. The van der Waals surface area contributed by atoms with Gasteiger partial charge in [-0.1, -0.05) is 80.6 Å². The number of carbonyl (C=O) groups is 3. The summed E-state index contributed by atoms with van der Waals surface area (Å²) in [5, 5.41) is 23.3. The summed E-state index contributed by atoms with van der Waals surface area (Å²) in [6.07, 6.45) is 3.72. The lowest BCUT2D eigenvalue weighted by Gasteiger charge is -2.30. The maximum atomic E-state index is 13.9. The Bertz CT molecular complexity index is 1700. The summed E-state index contributed by atoms with van der Waals surface area (Å²) in [7, 11) is 1.66. The highest BCUT2D eigenvalue weighted by Gasteiger charge is 2.31. The predicted octanol–water partition coefficient (Wildman–Crippen LogP) is 5.74. The van der Waals surface area contributed by atoms with Gasteiger partial charge in [0.15, 0.2) is 18.8 Å². The molecule has 0 aliphatic carbocycles. The summed E-state index contributed by atoms with van der Waals surface area (Å²) >= 11 is 1.52. The van der Waals surface area contributed by atoms with E-state index in [1.807, 2.05) is 99.8 Å². The Kier molecular flexibility index (Phi) is 14.8. The van der Waals surface area contributed by atoms with Crippen LogP contribution in [0.2, 0.25) is 0 Å². The van der Waals surface area contributed by atoms with E-state index in [2.05, 4.69) is 25.9 Å². The van der Waals surface area contributed by atoms with Gasteiger partial charge in [0.05, 0.1) is 30.6 Å². The van der Waals surface area contributed by atoms with Crippen LogP contribution in [0.25, 0.3) is 5.57 Å². The quantitative estimate of drug-likeness (QED) is 0.108. The van der Waals surface area contributed by atoms with Crippen LogP contribution >= 0.6 is 11.3 Å². The van der Waals surface area contributed by atoms with Crippen molar-refractivity contribution in [2.75, 3.05) is 7.05 Å². The average molecular weight is 717 g/mol. The fourth-order valence-electron chi connectivity index (χ4n) is 5.41. The van der Waals surface area contributed by atoms with Crippen molar-refractivity contribution < 1.29 is 28.6 Å². The maximum absolute atomic E-state index is 13.9. The second-order valence-electron chi connectivity index (χ2n) is 12.8. The number of nitrogens with zero attached hydrogens (tertiary/aromatic N) is 3. The third-order valence-corrected chi connectivity index (χ3v) is 9.41. The van der Waals surface area contributed by atoms with Gasteiger partial charge in [-0.05, 0) is 55.7 Å². The van der Waals surface area contributed by atoms with Gasteiger partial charge in [-0.15, -0.1) is 11.3 Å². The molecule has 2 heterocycles. The smallest absolute Gasteiger partial charge is 0.407 e. The molecule has 0 spiro atoms. The van der Waals surface area contributed by atoms with Crippen molar-refractivity contribution in [3.63, 3.8) is 0 Å². The van der Waals surface area contributed by atoms with E-state index in [0.717, 1.165) is 27.4 Å². The van der Waals surface area contributed by atoms with Crippen molar-refractivity contribution in [1.82, 2.24) is 30.8 Å². The summed E-state index contributed by atoms with van der Waals surface area (Å²) < 4.78 is 10.5. The van der Waals surface area contributed by atoms with Crippen LogP contribution in [0.1, 0.15) is 61.7 Å². The molecule has 0 saturated heterocycles. The van der Waals surface area contributed by atoms with Gasteiger partial charge < -0.3 is 35.1 Å². The number of carbonyl (C=O) groups excluding carboxylic acids is 3. The first-order valence-electron chi connectivity index (χ1n) is 17.0. The number of nitrogens with one attached hydrogen (secondary N) is 3. The SMILES string of the molecule is CC=C(C)c1nc(CN(C)C(=O)N[C@H](C(=O)N[C@@H](Cc2ccccc2)C[C@H](O)[C@H](Cc2ccccc2)NC(=O)OCc2cnco2)C(C)C)cs1. The van der Waals surface area contributed by atoms with E-state index in [-0.39, 0.29) is 31.4 Å². The van der Waals surface area contributed by atoms with Crippen LogP contribution in [0.3, 0.4) is 0 Å². The third kappa shape index (κ3) is 12.4. The molecular formula is C38H48N6O6S. The first-order chi connectivity index (χ1) is 24.5. The van der Waals surface area contributed by atoms with Crippen molar-refractivity contribution in [3.05, 3.63) is 112 Å². The van der Waals surface area contributed by atoms with E-state index in [4.69, 9.17) is 9.15 Å². The summed E-state index contributed by atoms with van der Waals surface area (Å²) in [6.45, 7) is 7.84. The molecular weight excluding hydrogens is 669 g/mol. The Hall–Kier alpha value is -5.01. The van der Waals surface area contributed by atoms with E-state index in [1.54, 1.807) is 7.05 Å². The minimum absolute atomic E-state index is 0.108. The Morgan fingerprint density at radius 2 is 1.67 bits per heavy atom. The topological polar surface area (TPSA) is 159 Å². The number of aliphatic hydroxyl groups is 1. The lowest BCUT2D eigenvalue weighted by Crippen LogP contribution is -2.55. The number of thiazole rings is 1. The van der Waals surface area contributed by atoms with Crippen molar-refractivity contribution in [2.45, 2.75) is 84.3 Å². The molecule has 0 unspecified atom stereocenters. The van der Waals surface area contributed by atoms with E-state index in [9.17, 15) is 19.5 Å². The van der Waals surface area contributed by atoms with Crippen LogP contribution in [-0.4, -0.2) is 69.3 Å². The Labute approximate surface area is 303 Å². The van der Waals surface area contributed by atoms with Crippen LogP contribution in [0.15, 0.2) is 89.1 Å². The molecule has 13 heteroatoms. The Morgan fingerprint density at radius 3 is 2.27 bits per heavy atom. The number of hydrogen-bond acceptors (Lipinski definition) is 9. The van der Waals surface area contributed by atoms with Crippen molar-refractivity contribution in [1.29, 1.82) is 0 Å².